The zero-order chi connectivity index (χ0) is 10.6. The van der Waals surface area contributed by atoms with E-state index in [1.807, 2.05) is 24.4 Å². The third kappa shape index (κ3) is 3.64. The van der Waals surface area contributed by atoms with E-state index in [0.717, 1.165) is 10.0 Å². The van der Waals surface area contributed by atoms with Gasteiger partial charge in [0, 0.05) is 21.2 Å². The minimum absolute atomic E-state index is 0.198. The van der Waals surface area contributed by atoms with Crippen LogP contribution in [-0.2, 0) is 4.79 Å². The third-order valence-corrected chi connectivity index (χ3v) is 3.59. The number of thiophene rings is 1. The summed E-state index contributed by atoms with van der Waals surface area (Å²) in [7, 11) is 0. The maximum Gasteiger partial charge on any atom is 0.303 e. The van der Waals surface area contributed by atoms with Crippen LogP contribution in [0.4, 0.5) is 0 Å². The van der Waals surface area contributed by atoms with Crippen molar-refractivity contribution in [3.05, 3.63) is 26.9 Å². The zero-order valence-electron chi connectivity index (χ0n) is 7.79. The van der Waals surface area contributed by atoms with Crippen molar-refractivity contribution in [2.45, 2.75) is 19.8 Å². The number of hydrogen-bond donors (Lipinski definition) is 1. The molecule has 0 aromatic carbocycles. The highest BCUT2D eigenvalue weighted by Gasteiger charge is 2.00. The number of allylic oxidation sites excluding steroid dienone is 2. The minimum Gasteiger partial charge on any atom is -0.481 e. The van der Waals surface area contributed by atoms with Crippen LogP contribution in [0.15, 0.2) is 22.0 Å². The van der Waals surface area contributed by atoms with Gasteiger partial charge in [0.15, 0.2) is 0 Å². The molecule has 0 atom stereocenters. The summed E-state index contributed by atoms with van der Waals surface area (Å²) in [6, 6.07) is 2.04. The van der Waals surface area contributed by atoms with Gasteiger partial charge in [0.05, 0.1) is 0 Å². The van der Waals surface area contributed by atoms with Gasteiger partial charge in [-0.05, 0) is 40.9 Å². The number of carboxylic acid groups (broad SMARTS) is 1. The largest absolute Gasteiger partial charge is 0.481 e. The van der Waals surface area contributed by atoms with Crippen molar-refractivity contribution in [2.75, 3.05) is 0 Å². The Kier molecular flexibility index (Phi) is 4.35. The lowest BCUT2D eigenvalue weighted by atomic mass is 10.2. The van der Waals surface area contributed by atoms with Gasteiger partial charge in [0.1, 0.15) is 0 Å². The van der Waals surface area contributed by atoms with Gasteiger partial charge in [-0.25, -0.2) is 0 Å². The van der Waals surface area contributed by atoms with Gasteiger partial charge >= 0.3 is 5.97 Å². The lowest BCUT2D eigenvalue weighted by molar-refractivity contribution is -0.136. The van der Waals surface area contributed by atoms with Crippen LogP contribution in [0.5, 0.6) is 0 Å². The molecule has 1 heterocycles. The maximum atomic E-state index is 10.3. The van der Waals surface area contributed by atoms with Crippen LogP contribution in [0.25, 0.3) is 5.57 Å². The predicted octanol–water partition coefficient (Wildman–Crippen LogP) is 3.78. The van der Waals surface area contributed by atoms with E-state index in [1.54, 1.807) is 11.3 Å². The first-order valence-electron chi connectivity index (χ1n) is 4.22. The first kappa shape index (κ1) is 11.5. The Morgan fingerprint density at radius 1 is 1.71 bits per heavy atom. The zero-order valence-corrected chi connectivity index (χ0v) is 10.2. The van der Waals surface area contributed by atoms with Crippen molar-refractivity contribution >= 4 is 38.8 Å². The van der Waals surface area contributed by atoms with Gasteiger partial charge < -0.3 is 5.11 Å². The Morgan fingerprint density at radius 2 is 2.43 bits per heavy atom. The van der Waals surface area contributed by atoms with Crippen molar-refractivity contribution in [2.24, 2.45) is 0 Å². The standard InChI is InChI=1S/C10H11BrO2S/c1-7(3-2-4-10(12)13)9-5-8(11)6-14-9/h3,5-6H,2,4H2,1H3,(H,12,13)/b7-3+. The lowest BCUT2D eigenvalue weighted by Crippen LogP contribution is -1.91. The molecule has 2 nitrogen and oxygen atoms in total. The average molecular weight is 275 g/mol. The molecule has 0 amide bonds. The quantitative estimate of drug-likeness (QED) is 0.908. The van der Waals surface area contributed by atoms with Gasteiger partial charge in [-0.2, -0.15) is 0 Å². The molecule has 1 aromatic rings. The number of carbonyl (C=O) groups is 1. The van der Waals surface area contributed by atoms with E-state index in [1.165, 1.54) is 4.88 Å². The average Bonchev–Trinajstić information content (AvgIpc) is 2.51. The second-order valence-corrected chi connectivity index (χ2v) is 4.78. The second-order valence-electron chi connectivity index (χ2n) is 2.95. The minimum atomic E-state index is -0.749. The van der Waals surface area contributed by atoms with E-state index in [9.17, 15) is 4.79 Å². The molecule has 0 saturated heterocycles. The fourth-order valence-corrected chi connectivity index (χ4v) is 2.47. The van der Waals surface area contributed by atoms with Crippen LogP contribution in [0.2, 0.25) is 0 Å². The van der Waals surface area contributed by atoms with Crippen LogP contribution in [-0.4, -0.2) is 11.1 Å². The normalized spacial score (nSPS) is 11.7. The van der Waals surface area contributed by atoms with Crippen molar-refractivity contribution in [1.82, 2.24) is 0 Å². The van der Waals surface area contributed by atoms with Crippen molar-refractivity contribution in [3.8, 4) is 0 Å². The van der Waals surface area contributed by atoms with E-state index in [-0.39, 0.29) is 6.42 Å². The van der Waals surface area contributed by atoms with Gasteiger partial charge in [0.2, 0.25) is 0 Å². The smallest absolute Gasteiger partial charge is 0.303 e. The highest BCUT2D eigenvalue weighted by molar-refractivity contribution is 9.10. The SMILES string of the molecule is C/C(=C\CCC(=O)O)c1cc(Br)cs1. The molecule has 0 aliphatic carbocycles. The molecule has 14 heavy (non-hydrogen) atoms. The summed E-state index contributed by atoms with van der Waals surface area (Å²) in [6.07, 6.45) is 2.76. The van der Waals surface area contributed by atoms with Crippen molar-refractivity contribution < 1.29 is 9.90 Å². The van der Waals surface area contributed by atoms with Crippen LogP contribution in [0.3, 0.4) is 0 Å². The van der Waals surface area contributed by atoms with Gasteiger partial charge in [0.25, 0.3) is 0 Å². The van der Waals surface area contributed by atoms with E-state index < -0.39 is 5.97 Å². The van der Waals surface area contributed by atoms with E-state index >= 15 is 0 Å². The van der Waals surface area contributed by atoms with Crippen LogP contribution < -0.4 is 0 Å². The first-order chi connectivity index (χ1) is 6.59. The number of carboxylic acids is 1. The van der Waals surface area contributed by atoms with Crippen LogP contribution >= 0.6 is 27.3 Å². The Hall–Kier alpha value is -0.610. The Morgan fingerprint density at radius 3 is 2.93 bits per heavy atom. The molecule has 0 aliphatic rings. The maximum absolute atomic E-state index is 10.3. The van der Waals surface area contributed by atoms with Crippen molar-refractivity contribution in [1.29, 1.82) is 0 Å². The monoisotopic (exact) mass is 274 g/mol. The molecular formula is C10H11BrO2S. The molecule has 0 bridgehead atoms. The van der Waals surface area contributed by atoms with E-state index in [2.05, 4.69) is 15.9 Å². The van der Waals surface area contributed by atoms with Gasteiger partial charge in [-0.1, -0.05) is 6.08 Å². The summed E-state index contributed by atoms with van der Waals surface area (Å²) in [6.45, 7) is 2.00. The predicted molar refractivity (Wildman–Crippen MR) is 62.5 cm³/mol. The molecule has 1 aromatic heterocycles. The second kappa shape index (κ2) is 5.32. The Labute approximate surface area is 95.4 Å². The molecule has 1 rings (SSSR count). The summed E-state index contributed by atoms with van der Waals surface area (Å²) in [4.78, 5) is 11.5. The Bertz CT molecular complexity index is 355. The summed E-state index contributed by atoms with van der Waals surface area (Å²) in [5, 5.41) is 10.5. The van der Waals surface area contributed by atoms with Crippen molar-refractivity contribution in [3.63, 3.8) is 0 Å². The molecule has 0 radical (unpaired) electrons. The topological polar surface area (TPSA) is 37.3 Å². The molecule has 0 fully saturated rings. The molecule has 4 heteroatoms. The molecule has 0 spiro atoms. The van der Waals surface area contributed by atoms with Crippen LogP contribution in [0.1, 0.15) is 24.6 Å². The number of hydrogen-bond acceptors (Lipinski definition) is 2. The summed E-state index contributed by atoms with van der Waals surface area (Å²) >= 11 is 5.03. The number of halogens is 1. The fourth-order valence-electron chi connectivity index (χ4n) is 1.03. The summed E-state index contributed by atoms with van der Waals surface area (Å²) in [5.41, 5.74) is 1.14. The van der Waals surface area contributed by atoms with Crippen LogP contribution in [0, 0.1) is 0 Å². The lowest BCUT2D eigenvalue weighted by Gasteiger charge is -1.95. The molecule has 0 aliphatic heterocycles. The molecule has 0 unspecified atom stereocenters. The van der Waals surface area contributed by atoms with E-state index in [4.69, 9.17) is 5.11 Å². The number of aliphatic carboxylic acids is 1. The number of rotatable bonds is 4. The summed E-state index contributed by atoms with van der Waals surface area (Å²) < 4.78 is 1.07. The Balaban J connectivity index is 2.56. The molecule has 76 valence electrons. The summed E-state index contributed by atoms with van der Waals surface area (Å²) in [5.74, 6) is -0.749. The van der Waals surface area contributed by atoms with Gasteiger partial charge in [-0.3, -0.25) is 4.79 Å². The van der Waals surface area contributed by atoms with E-state index in [0.29, 0.717) is 6.42 Å². The molecular weight excluding hydrogens is 264 g/mol. The highest BCUT2D eigenvalue weighted by atomic mass is 79.9. The fraction of sp³-hybridized carbons (Fsp3) is 0.300. The molecule has 1 N–H and O–H groups in total. The third-order valence-electron chi connectivity index (χ3n) is 1.76. The first-order valence-corrected chi connectivity index (χ1v) is 5.90. The van der Waals surface area contributed by atoms with Gasteiger partial charge in [-0.15, -0.1) is 11.3 Å². The molecule has 0 saturated carbocycles. The highest BCUT2D eigenvalue weighted by Crippen LogP contribution is 2.26.